The molecular formula is C19H22N2O3. The van der Waals surface area contributed by atoms with Gasteiger partial charge in [0.25, 0.3) is 0 Å². The lowest BCUT2D eigenvalue weighted by Gasteiger charge is -2.18. The molecule has 1 aliphatic heterocycles. The molecule has 0 fully saturated rings. The van der Waals surface area contributed by atoms with Crippen molar-refractivity contribution >= 4 is 11.7 Å². The number of carbonyl (C=O) groups is 1. The van der Waals surface area contributed by atoms with Crippen molar-refractivity contribution in [3.63, 3.8) is 0 Å². The van der Waals surface area contributed by atoms with Crippen LogP contribution in [0.3, 0.4) is 0 Å². The van der Waals surface area contributed by atoms with Gasteiger partial charge in [0.05, 0.1) is 13.2 Å². The van der Waals surface area contributed by atoms with E-state index in [0.717, 1.165) is 30.2 Å². The largest absolute Gasteiger partial charge is 0.494 e. The van der Waals surface area contributed by atoms with Crippen molar-refractivity contribution in [2.45, 2.75) is 13.3 Å². The molecule has 1 heterocycles. The van der Waals surface area contributed by atoms with Crippen LogP contribution in [0.5, 0.6) is 11.5 Å². The molecule has 0 radical (unpaired) electrons. The lowest BCUT2D eigenvalue weighted by atomic mass is 10.2. The zero-order valence-electron chi connectivity index (χ0n) is 13.8. The molecule has 3 rings (SSSR count). The van der Waals surface area contributed by atoms with E-state index in [1.807, 2.05) is 49.4 Å². The molecule has 0 unspecified atom stereocenters. The molecule has 0 bridgehead atoms. The van der Waals surface area contributed by atoms with Gasteiger partial charge in [-0.3, -0.25) is 4.90 Å². The first-order chi connectivity index (χ1) is 11.8. The van der Waals surface area contributed by atoms with Crippen molar-refractivity contribution in [3.05, 3.63) is 54.1 Å². The number of nitrogens with one attached hydrogen (secondary N) is 1. The van der Waals surface area contributed by atoms with E-state index in [1.54, 1.807) is 4.90 Å². The van der Waals surface area contributed by atoms with E-state index >= 15 is 0 Å². The second kappa shape index (κ2) is 7.73. The molecule has 126 valence electrons. The Hall–Kier alpha value is -2.69. The average molecular weight is 326 g/mol. The van der Waals surface area contributed by atoms with Gasteiger partial charge >= 0.3 is 6.03 Å². The van der Waals surface area contributed by atoms with Gasteiger partial charge in [0.1, 0.15) is 18.1 Å². The number of urea groups is 1. The first kappa shape index (κ1) is 16.2. The smallest absolute Gasteiger partial charge is 0.322 e. The van der Waals surface area contributed by atoms with E-state index in [0.29, 0.717) is 19.8 Å². The third-order valence-electron chi connectivity index (χ3n) is 3.91. The molecular weight excluding hydrogens is 304 g/mol. The summed E-state index contributed by atoms with van der Waals surface area (Å²) in [6.07, 6.45) is 0.909. The van der Waals surface area contributed by atoms with Crippen molar-refractivity contribution < 1.29 is 14.3 Å². The van der Waals surface area contributed by atoms with Gasteiger partial charge in [0.15, 0.2) is 0 Å². The molecule has 24 heavy (non-hydrogen) atoms. The second-order valence-electron chi connectivity index (χ2n) is 5.52. The van der Waals surface area contributed by atoms with Crippen LogP contribution < -0.4 is 19.7 Å². The summed E-state index contributed by atoms with van der Waals surface area (Å²) in [6.45, 7) is 4.21. The van der Waals surface area contributed by atoms with Crippen LogP contribution in [-0.2, 0) is 6.42 Å². The number of ether oxygens (including phenoxy) is 2. The Morgan fingerprint density at radius 2 is 1.79 bits per heavy atom. The number of fused-ring (bicyclic) bond motifs is 1. The standard InChI is InChI=1S/C19H22N2O3/c1-2-23-16-7-9-17(10-8-16)24-14-12-20-19(22)21-13-11-15-5-3-4-6-18(15)21/h3-10H,2,11-14H2,1H3,(H,20,22). The topological polar surface area (TPSA) is 50.8 Å². The van der Waals surface area contributed by atoms with E-state index in [4.69, 9.17) is 9.47 Å². The number of carbonyl (C=O) groups excluding carboxylic acids is 1. The summed E-state index contributed by atoms with van der Waals surface area (Å²) in [5.74, 6) is 1.59. The zero-order chi connectivity index (χ0) is 16.8. The number of nitrogens with zero attached hydrogens (tertiary/aromatic N) is 1. The van der Waals surface area contributed by atoms with Crippen LogP contribution in [0.25, 0.3) is 0 Å². The van der Waals surface area contributed by atoms with Crippen molar-refractivity contribution in [2.75, 3.05) is 31.2 Å². The van der Waals surface area contributed by atoms with Gasteiger partial charge in [0.2, 0.25) is 0 Å². The Labute approximate surface area is 142 Å². The SMILES string of the molecule is CCOc1ccc(OCCNC(=O)N2CCc3ccccc32)cc1. The Morgan fingerprint density at radius 1 is 1.08 bits per heavy atom. The molecule has 2 amide bonds. The lowest BCUT2D eigenvalue weighted by molar-refractivity contribution is 0.242. The normalized spacial score (nSPS) is 12.6. The summed E-state index contributed by atoms with van der Waals surface area (Å²) in [5.41, 5.74) is 2.22. The third-order valence-corrected chi connectivity index (χ3v) is 3.91. The average Bonchev–Trinajstić information content (AvgIpc) is 3.04. The third kappa shape index (κ3) is 3.79. The van der Waals surface area contributed by atoms with Crippen molar-refractivity contribution in [1.29, 1.82) is 0 Å². The molecule has 5 nitrogen and oxygen atoms in total. The molecule has 0 saturated carbocycles. The molecule has 1 aliphatic rings. The van der Waals surface area contributed by atoms with Crippen LogP contribution >= 0.6 is 0 Å². The quantitative estimate of drug-likeness (QED) is 0.829. The highest BCUT2D eigenvalue weighted by molar-refractivity contribution is 5.94. The van der Waals surface area contributed by atoms with E-state index in [9.17, 15) is 4.79 Å². The summed E-state index contributed by atoms with van der Waals surface area (Å²) in [6, 6.07) is 15.4. The van der Waals surface area contributed by atoms with Crippen LogP contribution in [0.1, 0.15) is 12.5 Å². The molecule has 0 aromatic heterocycles. The highest BCUT2D eigenvalue weighted by Gasteiger charge is 2.23. The van der Waals surface area contributed by atoms with Crippen molar-refractivity contribution in [1.82, 2.24) is 5.32 Å². The fourth-order valence-corrected chi connectivity index (χ4v) is 2.77. The number of hydrogen-bond donors (Lipinski definition) is 1. The molecule has 0 aliphatic carbocycles. The minimum absolute atomic E-state index is 0.0738. The zero-order valence-corrected chi connectivity index (χ0v) is 13.8. The van der Waals surface area contributed by atoms with Gasteiger partial charge in [-0.25, -0.2) is 4.79 Å². The highest BCUT2D eigenvalue weighted by atomic mass is 16.5. The first-order valence-corrected chi connectivity index (χ1v) is 8.27. The molecule has 0 spiro atoms. The Morgan fingerprint density at radius 3 is 2.54 bits per heavy atom. The van der Waals surface area contributed by atoms with Crippen LogP contribution in [-0.4, -0.2) is 32.3 Å². The lowest BCUT2D eigenvalue weighted by Crippen LogP contribution is -2.40. The Bertz CT molecular complexity index is 685. The maximum Gasteiger partial charge on any atom is 0.322 e. The maximum atomic E-state index is 12.3. The molecule has 0 atom stereocenters. The van der Waals surface area contributed by atoms with E-state index in [2.05, 4.69) is 11.4 Å². The predicted octanol–water partition coefficient (Wildman–Crippen LogP) is 3.24. The van der Waals surface area contributed by atoms with Gasteiger partial charge < -0.3 is 14.8 Å². The van der Waals surface area contributed by atoms with E-state index in [1.165, 1.54) is 5.56 Å². The van der Waals surface area contributed by atoms with Gasteiger partial charge in [-0.1, -0.05) is 18.2 Å². The summed E-state index contributed by atoms with van der Waals surface area (Å²) in [5, 5.41) is 2.90. The molecule has 2 aromatic carbocycles. The van der Waals surface area contributed by atoms with Crippen LogP contribution in [0.4, 0.5) is 10.5 Å². The Kier molecular flexibility index (Phi) is 5.21. The minimum Gasteiger partial charge on any atom is -0.494 e. The fourth-order valence-electron chi connectivity index (χ4n) is 2.77. The van der Waals surface area contributed by atoms with Gasteiger partial charge in [-0.15, -0.1) is 0 Å². The number of benzene rings is 2. The summed E-state index contributed by atoms with van der Waals surface area (Å²) >= 11 is 0. The van der Waals surface area contributed by atoms with Crippen LogP contribution in [0.15, 0.2) is 48.5 Å². The summed E-state index contributed by atoms with van der Waals surface area (Å²) in [7, 11) is 0. The van der Waals surface area contributed by atoms with Crippen LogP contribution in [0, 0.1) is 0 Å². The van der Waals surface area contributed by atoms with Gasteiger partial charge in [-0.05, 0) is 49.2 Å². The minimum atomic E-state index is -0.0738. The summed E-state index contributed by atoms with van der Waals surface area (Å²) < 4.78 is 11.0. The number of para-hydroxylation sites is 1. The molecule has 1 N–H and O–H groups in total. The molecule has 5 heteroatoms. The number of amides is 2. The molecule has 0 saturated heterocycles. The highest BCUT2D eigenvalue weighted by Crippen LogP contribution is 2.27. The monoisotopic (exact) mass is 326 g/mol. The first-order valence-electron chi connectivity index (χ1n) is 8.27. The fraction of sp³-hybridized carbons (Fsp3) is 0.316. The molecule has 2 aromatic rings. The van der Waals surface area contributed by atoms with Crippen LogP contribution in [0.2, 0.25) is 0 Å². The van der Waals surface area contributed by atoms with E-state index < -0.39 is 0 Å². The van der Waals surface area contributed by atoms with Crippen molar-refractivity contribution in [3.8, 4) is 11.5 Å². The van der Waals surface area contributed by atoms with Gasteiger partial charge in [-0.2, -0.15) is 0 Å². The van der Waals surface area contributed by atoms with E-state index in [-0.39, 0.29) is 6.03 Å². The number of hydrogen-bond acceptors (Lipinski definition) is 3. The Balaban J connectivity index is 1.43. The predicted molar refractivity (Wildman–Crippen MR) is 94.0 cm³/mol. The number of anilines is 1. The van der Waals surface area contributed by atoms with Crippen molar-refractivity contribution in [2.24, 2.45) is 0 Å². The van der Waals surface area contributed by atoms with Gasteiger partial charge in [0, 0.05) is 12.2 Å². The second-order valence-corrected chi connectivity index (χ2v) is 5.52. The maximum absolute atomic E-state index is 12.3. The number of rotatable bonds is 6. The summed E-state index contributed by atoms with van der Waals surface area (Å²) in [4.78, 5) is 14.1.